The third-order valence-electron chi connectivity index (χ3n) is 3.70. The Morgan fingerprint density at radius 1 is 1.28 bits per heavy atom. The topological polar surface area (TPSA) is 46.3 Å². The molecule has 0 radical (unpaired) electrons. The van der Waals surface area contributed by atoms with Crippen LogP contribution in [0.25, 0.3) is 0 Å². The van der Waals surface area contributed by atoms with E-state index in [-0.39, 0.29) is 11.9 Å². The Bertz CT molecular complexity index is 377. The normalized spacial score (nSPS) is 20.8. The summed E-state index contributed by atoms with van der Waals surface area (Å²) in [5, 5.41) is 0. The van der Waals surface area contributed by atoms with E-state index in [1.54, 1.807) is 0 Å². The summed E-state index contributed by atoms with van der Waals surface area (Å²) in [4.78, 5) is 13.6. The van der Waals surface area contributed by atoms with E-state index in [2.05, 4.69) is 29.2 Å². The average Bonchev–Trinajstić information content (AvgIpc) is 2.40. The fourth-order valence-electron chi connectivity index (χ4n) is 2.71. The van der Waals surface area contributed by atoms with Gasteiger partial charge in [-0.1, -0.05) is 36.8 Å². The average molecular weight is 246 g/mol. The van der Waals surface area contributed by atoms with Crippen LogP contribution in [0.1, 0.15) is 31.2 Å². The summed E-state index contributed by atoms with van der Waals surface area (Å²) in [6.45, 7) is 1.99. The van der Waals surface area contributed by atoms with E-state index in [9.17, 15) is 4.79 Å². The second kappa shape index (κ2) is 6.55. The van der Waals surface area contributed by atoms with Crippen LogP contribution in [0.5, 0.6) is 0 Å². The van der Waals surface area contributed by atoms with Gasteiger partial charge in [0.05, 0.1) is 6.04 Å². The smallest absolute Gasteiger partial charge is 0.234 e. The Balaban J connectivity index is 1.79. The molecule has 1 aromatic rings. The van der Waals surface area contributed by atoms with Crippen LogP contribution < -0.4 is 5.73 Å². The summed E-state index contributed by atoms with van der Waals surface area (Å²) in [5.74, 6) is -0.158. The van der Waals surface area contributed by atoms with Gasteiger partial charge >= 0.3 is 0 Å². The van der Waals surface area contributed by atoms with Gasteiger partial charge < -0.3 is 5.73 Å². The van der Waals surface area contributed by atoms with E-state index < -0.39 is 0 Å². The highest BCUT2D eigenvalue weighted by atomic mass is 16.1. The van der Waals surface area contributed by atoms with Crippen molar-refractivity contribution in [1.29, 1.82) is 0 Å². The van der Waals surface area contributed by atoms with Crippen LogP contribution in [-0.4, -0.2) is 29.9 Å². The van der Waals surface area contributed by atoms with Crippen molar-refractivity contribution in [2.24, 2.45) is 5.73 Å². The van der Waals surface area contributed by atoms with Crippen LogP contribution in [0, 0.1) is 0 Å². The summed E-state index contributed by atoms with van der Waals surface area (Å²) in [7, 11) is 0. The molecule has 18 heavy (non-hydrogen) atoms. The first-order chi connectivity index (χ1) is 8.77. The van der Waals surface area contributed by atoms with Crippen molar-refractivity contribution in [1.82, 2.24) is 4.90 Å². The number of nitrogens with two attached hydrogens (primary N) is 1. The second-order valence-corrected chi connectivity index (χ2v) is 5.04. The molecule has 0 aliphatic carbocycles. The molecule has 1 atom stereocenters. The Morgan fingerprint density at radius 3 is 2.78 bits per heavy atom. The number of rotatable bonds is 5. The van der Waals surface area contributed by atoms with Gasteiger partial charge in [0.15, 0.2) is 0 Å². The fraction of sp³-hybridized carbons (Fsp3) is 0.533. The highest BCUT2D eigenvalue weighted by Gasteiger charge is 2.25. The molecule has 1 heterocycles. The maximum Gasteiger partial charge on any atom is 0.234 e. The summed E-state index contributed by atoms with van der Waals surface area (Å²) in [5.41, 5.74) is 6.83. The van der Waals surface area contributed by atoms with Crippen molar-refractivity contribution in [3.05, 3.63) is 35.9 Å². The highest BCUT2D eigenvalue weighted by Crippen LogP contribution is 2.17. The number of aryl methyl sites for hydroxylation is 1. The molecule has 1 aliphatic rings. The van der Waals surface area contributed by atoms with E-state index in [0.717, 1.165) is 38.8 Å². The second-order valence-electron chi connectivity index (χ2n) is 5.04. The summed E-state index contributed by atoms with van der Waals surface area (Å²) < 4.78 is 0. The molecule has 0 bridgehead atoms. The highest BCUT2D eigenvalue weighted by molar-refractivity contribution is 5.79. The lowest BCUT2D eigenvalue weighted by Gasteiger charge is -2.33. The Labute approximate surface area is 109 Å². The summed E-state index contributed by atoms with van der Waals surface area (Å²) >= 11 is 0. The molecule has 0 aromatic heterocycles. The first kappa shape index (κ1) is 13.1. The fourth-order valence-corrected chi connectivity index (χ4v) is 2.71. The van der Waals surface area contributed by atoms with Crippen LogP contribution in [0.15, 0.2) is 30.3 Å². The predicted octanol–water partition coefficient (Wildman–Crippen LogP) is 1.96. The van der Waals surface area contributed by atoms with E-state index in [1.165, 1.54) is 12.0 Å². The minimum absolute atomic E-state index is 0.0328. The number of primary amides is 1. The maximum atomic E-state index is 11.4. The van der Waals surface area contributed by atoms with Crippen LogP contribution in [0.3, 0.4) is 0 Å². The van der Waals surface area contributed by atoms with Crippen molar-refractivity contribution in [3.8, 4) is 0 Å². The third kappa shape index (κ3) is 3.57. The molecular weight excluding hydrogens is 224 g/mol. The lowest BCUT2D eigenvalue weighted by Crippen LogP contribution is -2.48. The predicted molar refractivity (Wildman–Crippen MR) is 73.2 cm³/mol. The number of benzene rings is 1. The summed E-state index contributed by atoms with van der Waals surface area (Å²) in [6, 6.07) is 10.5. The Hall–Kier alpha value is -1.35. The van der Waals surface area contributed by atoms with Crippen molar-refractivity contribution in [2.45, 2.75) is 38.1 Å². The zero-order valence-corrected chi connectivity index (χ0v) is 10.8. The van der Waals surface area contributed by atoms with Crippen molar-refractivity contribution < 1.29 is 4.79 Å². The van der Waals surface area contributed by atoms with Crippen molar-refractivity contribution in [2.75, 3.05) is 13.1 Å². The van der Waals surface area contributed by atoms with Gasteiger partial charge in [-0.25, -0.2) is 0 Å². The SMILES string of the molecule is NC(=O)[C@@H]1CCCCN1CCCc1ccccc1. The number of carbonyl (C=O) groups is 1. The van der Waals surface area contributed by atoms with Crippen LogP contribution in [-0.2, 0) is 11.2 Å². The van der Waals surface area contributed by atoms with Crippen LogP contribution >= 0.6 is 0 Å². The number of hydrogen-bond acceptors (Lipinski definition) is 2. The van der Waals surface area contributed by atoms with Gasteiger partial charge in [-0.3, -0.25) is 9.69 Å². The molecule has 3 nitrogen and oxygen atoms in total. The molecule has 2 rings (SSSR count). The lowest BCUT2D eigenvalue weighted by molar-refractivity contribution is -0.124. The monoisotopic (exact) mass is 246 g/mol. The molecule has 3 heteroatoms. The Morgan fingerprint density at radius 2 is 2.06 bits per heavy atom. The van der Waals surface area contributed by atoms with E-state index >= 15 is 0 Å². The molecule has 0 spiro atoms. The first-order valence-electron chi connectivity index (χ1n) is 6.84. The Kier molecular flexibility index (Phi) is 4.76. The molecule has 1 aromatic carbocycles. The molecule has 1 aliphatic heterocycles. The van der Waals surface area contributed by atoms with Gasteiger partial charge in [-0.05, 0) is 44.3 Å². The van der Waals surface area contributed by atoms with Crippen molar-refractivity contribution >= 4 is 5.91 Å². The largest absolute Gasteiger partial charge is 0.368 e. The van der Waals surface area contributed by atoms with Gasteiger partial charge in [0, 0.05) is 0 Å². The molecule has 0 saturated carbocycles. The zero-order chi connectivity index (χ0) is 12.8. The van der Waals surface area contributed by atoms with E-state index in [4.69, 9.17) is 5.73 Å². The van der Waals surface area contributed by atoms with Gasteiger partial charge in [-0.2, -0.15) is 0 Å². The summed E-state index contributed by atoms with van der Waals surface area (Å²) in [6.07, 6.45) is 5.41. The standard InChI is InChI=1S/C15H22N2O/c16-15(18)14-10-4-5-11-17(14)12-6-9-13-7-2-1-3-8-13/h1-3,7-8,14H,4-6,9-12H2,(H2,16,18)/t14-/m0/s1. The third-order valence-corrected chi connectivity index (χ3v) is 3.70. The maximum absolute atomic E-state index is 11.4. The molecule has 1 saturated heterocycles. The molecule has 98 valence electrons. The van der Waals surface area contributed by atoms with Gasteiger partial charge in [0.1, 0.15) is 0 Å². The molecular formula is C15H22N2O. The molecule has 1 fully saturated rings. The number of likely N-dealkylation sites (tertiary alicyclic amines) is 1. The first-order valence-corrected chi connectivity index (χ1v) is 6.84. The van der Waals surface area contributed by atoms with Crippen molar-refractivity contribution in [3.63, 3.8) is 0 Å². The number of carbonyl (C=O) groups excluding carboxylic acids is 1. The number of hydrogen-bond donors (Lipinski definition) is 1. The molecule has 1 amide bonds. The van der Waals surface area contributed by atoms with E-state index in [0.29, 0.717) is 0 Å². The number of piperidine rings is 1. The van der Waals surface area contributed by atoms with Crippen LogP contribution in [0.4, 0.5) is 0 Å². The number of nitrogens with zero attached hydrogens (tertiary/aromatic N) is 1. The van der Waals surface area contributed by atoms with Crippen LogP contribution in [0.2, 0.25) is 0 Å². The molecule has 0 unspecified atom stereocenters. The van der Waals surface area contributed by atoms with E-state index in [1.807, 2.05) is 6.07 Å². The lowest BCUT2D eigenvalue weighted by atomic mass is 10.0. The van der Waals surface area contributed by atoms with Gasteiger partial charge in [0.25, 0.3) is 0 Å². The van der Waals surface area contributed by atoms with Gasteiger partial charge in [-0.15, -0.1) is 0 Å². The minimum atomic E-state index is -0.158. The van der Waals surface area contributed by atoms with Gasteiger partial charge in [0.2, 0.25) is 5.91 Å². The molecule has 2 N–H and O–H groups in total. The minimum Gasteiger partial charge on any atom is -0.368 e. The number of amides is 1. The quantitative estimate of drug-likeness (QED) is 0.863. The zero-order valence-electron chi connectivity index (χ0n) is 10.8.